The lowest BCUT2D eigenvalue weighted by Gasteiger charge is -2.34. The molecule has 0 bridgehead atoms. The summed E-state index contributed by atoms with van der Waals surface area (Å²) in [6, 6.07) is 16.5. The van der Waals surface area contributed by atoms with E-state index in [0.717, 1.165) is 25.7 Å². The number of aryl methyl sites for hydroxylation is 2. The highest BCUT2D eigenvalue weighted by atomic mass is 16.2. The number of carbonyl (C=O) groups excluding carboxylic acids is 1. The molecule has 0 saturated heterocycles. The minimum absolute atomic E-state index is 0.0371. The van der Waals surface area contributed by atoms with E-state index in [1.165, 1.54) is 59.6 Å². The Morgan fingerprint density at radius 2 is 1.77 bits per heavy atom. The fourth-order valence-corrected chi connectivity index (χ4v) is 4.82. The molecule has 0 aromatic heterocycles. The minimum Gasteiger partial charge on any atom is -0.339 e. The molecule has 0 radical (unpaired) electrons. The largest absolute Gasteiger partial charge is 0.339 e. The summed E-state index contributed by atoms with van der Waals surface area (Å²) in [5, 5.41) is 0. The van der Waals surface area contributed by atoms with Crippen molar-refractivity contribution in [1.29, 1.82) is 0 Å². The van der Waals surface area contributed by atoms with Crippen LogP contribution in [0.5, 0.6) is 0 Å². The van der Waals surface area contributed by atoms with Crippen LogP contribution >= 0.6 is 0 Å². The van der Waals surface area contributed by atoms with Gasteiger partial charge in [-0.15, -0.1) is 0 Å². The quantitative estimate of drug-likeness (QED) is 0.341. The summed E-state index contributed by atoms with van der Waals surface area (Å²) in [5.74, 6) is 0.636. The van der Waals surface area contributed by atoms with Gasteiger partial charge in [0.2, 0.25) is 5.91 Å². The molecule has 160 valence electrons. The second-order valence-corrected chi connectivity index (χ2v) is 8.89. The first kappa shape index (κ1) is 22.3. The van der Waals surface area contributed by atoms with Crippen LogP contribution in [0.1, 0.15) is 74.5 Å². The molecule has 1 aliphatic rings. The van der Waals surface area contributed by atoms with Crippen LogP contribution in [0.15, 0.2) is 55.1 Å². The lowest BCUT2D eigenvalue weighted by Crippen LogP contribution is -2.38. The lowest BCUT2D eigenvalue weighted by atomic mass is 9.80. The SMILES string of the molecule is C=CC(=O)N(C)C1CCC(c2ccc(-c3ccc(CCCCC)cc3)c(C)c2)CC1. The molecule has 0 aliphatic heterocycles. The zero-order chi connectivity index (χ0) is 21.5. The highest BCUT2D eigenvalue weighted by molar-refractivity contribution is 5.87. The number of benzene rings is 2. The topological polar surface area (TPSA) is 20.3 Å². The third-order valence-corrected chi connectivity index (χ3v) is 6.82. The Hall–Kier alpha value is -2.35. The maximum absolute atomic E-state index is 11.9. The van der Waals surface area contributed by atoms with Crippen molar-refractivity contribution in [2.75, 3.05) is 7.05 Å². The summed E-state index contributed by atoms with van der Waals surface area (Å²) < 4.78 is 0. The van der Waals surface area contributed by atoms with E-state index >= 15 is 0 Å². The zero-order valence-electron chi connectivity index (χ0n) is 19.0. The molecule has 1 aliphatic carbocycles. The third-order valence-electron chi connectivity index (χ3n) is 6.82. The van der Waals surface area contributed by atoms with Crippen LogP contribution in [-0.4, -0.2) is 23.9 Å². The van der Waals surface area contributed by atoms with Gasteiger partial charge in [-0.3, -0.25) is 4.79 Å². The van der Waals surface area contributed by atoms with Gasteiger partial charge in [-0.2, -0.15) is 0 Å². The Balaban J connectivity index is 1.63. The Morgan fingerprint density at radius 3 is 2.37 bits per heavy atom. The van der Waals surface area contributed by atoms with Gasteiger partial charge in [-0.25, -0.2) is 0 Å². The Labute approximate surface area is 183 Å². The van der Waals surface area contributed by atoms with Crippen LogP contribution in [0.4, 0.5) is 0 Å². The molecule has 0 atom stereocenters. The number of unbranched alkanes of at least 4 members (excludes halogenated alkanes) is 2. The van der Waals surface area contributed by atoms with Crippen LogP contribution in [0.3, 0.4) is 0 Å². The van der Waals surface area contributed by atoms with E-state index in [4.69, 9.17) is 0 Å². The number of likely N-dealkylation sites (N-methyl/N-ethyl adjacent to an activating group) is 1. The standard InChI is InChI=1S/C28H37NO/c1-5-7-8-9-22-10-12-24(13-11-22)27-19-16-25(20-21(27)3)23-14-17-26(18-15-23)29(4)28(30)6-2/h6,10-13,16,19-20,23,26H,2,5,7-9,14-15,17-18H2,1,3-4H3. The van der Waals surface area contributed by atoms with Crippen molar-refractivity contribution in [2.45, 2.75) is 77.2 Å². The highest BCUT2D eigenvalue weighted by Gasteiger charge is 2.26. The molecule has 1 amide bonds. The fraction of sp³-hybridized carbons (Fsp3) is 0.464. The van der Waals surface area contributed by atoms with Crippen LogP contribution in [-0.2, 0) is 11.2 Å². The van der Waals surface area contributed by atoms with Crippen molar-refractivity contribution in [2.24, 2.45) is 0 Å². The molecule has 0 unspecified atom stereocenters. The van der Waals surface area contributed by atoms with E-state index in [0.29, 0.717) is 12.0 Å². The van der Waals surface area contributed by atoms with Crippen LogP contribution < -0.4 is 0 Å². The first-order valence-corrected chi connectivity index (χ1v) is 11.6. The molecule has 30 heavy (non-hydrogen) atoms. The van der Waals surface area contributed by atoms with Crippen molar-refractivity contribution < 1.29 is 4.79 Å². The first-order valence-electron chi connectivity index (χ1n) is 11.6. The van der Waals surface area contributed by atoms with E-state index in [9.17, 15) is 4.79 Å². The van der Waals surface area contributed by atoms with Gasteiger partial charge in [0.1, 0.15) is 0 Å². The van der Waals surface area contributed by atoms with Crippen molar-refractivity contribution in [3.05, 3.63) is 71.8 Å². The van der Waals surface area contributed by atoms with Gasteiger partial charge in [-0.05, 0) is 85.3 Å². The lowest BCUT2D eigenvalue weighted by molar-refractivity contribution is -0.127. The number of carbonyl (C=O) groups is 1. The van der Waals surface area contributed by atoms with Gasteiger partial charge in [0, 0.05) is 13.1 Å². The number of rotatable bonds is 8. The van der Waals surface area contributed by atoms with Crippen LogP contribution in [0.25, 0.3) is 11.1 Å². The molecular formula is C28H37NO. The molecule has 0 spiro atoms. The molecule has 3 rings (SSSR count). The highest BCUT2D eigenvalue weighted by Crippen LogP contribution is 2.36. The molecule has 1 saturated carbocycles. The zero-order valence-corrected chi connectivity index (χ0v) is 19.0. The minimum atomic E-state index is 0.0371. The Kier molecular flexibility index (Phi) is 7.90. The monoisotopic (exact) mass is 403 g/mol. The van der Waals surface area contributed by atoms with Crippen molar-refractivity contribution in [3.63, 3.8) is 0 Å². The number of hydrogen-bond acceptors (Lipinski definition) is 1. The third kappa shape index (κ3) is 5.41. The average Bonchev–Trinajstić information content (AvgIpc) is 2.79. The molecule has 0 N–H and O–H groups in total. The van der Waals surface area contributed by atoms with Crippen molar-refractivity contribution in [3.8, 4) is 11.1 Å². The predicted octanol–water partition coefficient (Wildman–Crippen LogP) is 7.07. The van der Waals surface area contributed by atoms with Crippen molar-refractivity contribution >= 4 is 5.91 Å². The van der Waals surface area contributed by atoms with Gasteiger partial charge in [0.05, 0.1) is 0 Å². The maximum Gasteiger partial charge on any atom is 0.245 e. The molecule has 2 aromatic rings. The van der Waals surface area contributed by atoms with E-state index < -0.39 is 0 Å². The van der Waals surface area contributed by atoms with Crippen molar-refractivity contribution in [1.82, 2.24) is 4.90 Å². The van der Waals surface area contributed by atoms with Crippen LogP contribution in [0.2, 0.25) is 0 Å². The van der Waals surface area contributed by atoms with Gasteiger partial charge in [0.15, 0.2) is 0 Å². The van der Waals surface area contributed by atoms with E-state index in [1.807, 2.05) is 11.9 Å². The summed E-state index contributed by atoms with van der Waals surface area (Å²) in [4.78, 5) is 13.7. The number of nitrogens with zero attached hydrogens (tertiary/aromatic N) is 1. The number of hydrogen-bond donors (Lipinski definition) is 0. The molecule has 2 heteroatoms. The number of amides is 1. The average molecular weight is 404 g/mol. The molecule has 0 heterocycles. The summed E-state index contributed by atoms with van der Waals surface area (Å²) in [5.41, 5.74) is 6.89. The summed E-state index contributed by atoms with van der Waals surface area (Å²) in [6.45, 7) is 8.10. The summed E-state index contributed by atoms with van der Waals surface area (Å²) >= 11 is 0. The molecule has 2 aromatic carbocycles. The summed E-state index contributed by atoms with van der Waals surface area (Å²) in [7, 11) is 1.91. The van der Waals surface area contributed by atoms with Crippen LogP contribution in [0, 0.1) is 6.92 Å². The van der Waals surface area contributed by atoms with Gasteiger partial charge in [0.25, 0.3) is 0 Å². The second kappa shape index (κ2) is 10.6. The Bertz CT molecular complexity index is 843. The van der Waals surface area contributed by atoms with E-state index in [2.05, 4.69) is 62.9 Å². The van der Waals surface area contributed by atoms with E-state index in [-0.39, 0.29) is 5.91 Å². The first-order chi connectivity index (χ1) is 14.5. The molecule has 2 nitrogen and oxygen atoms in total. The van der Waals surface area contributed by atoms with Gasteiger partial charge in [-0.1, -0.05) is 68.8 Å². The smallest absolute Gasteiger partial charge is 0.245 e. The normalized spacial score (nSPS) is 18.8. The molecule has 1 fully saturated rings. The Morgan fingerprint density at radius 1 is 1.07 bits per heavy atom. The van der Waals surface area contributed by atoms with Gasteiger partial charge < -0.3 is 4.90 Å². The second-order valence-electron chi connectivity index (χ2n) is 8.89. The van der Waals surface area contributed by atoms with Gasteiger partial charge >= 0.3 is 0 Å². The fourth-order valence-electron chi connectivity index (χ4n) is 4.82. The predicted molar refractivity (Wildman–Crippen MR) is 128 cm³/mol. The molecular weight excluding hydrogens is 366 g/mol. The maximum atomic E-state index is 11.9. The summed E-state index contributed by atoms with van der Waals surface area (Å²) in [6.07, 6.45) is 10.9. The van der Waals surface area contributed by atoms with E-state index in [1.54, 1.807) is 0 Å².